The van der Waals surface area contributed by atoms with Gasteiger partial charge in [0.05, 0.1) is 12.1 Å². The second-order valence-corrected chi connectivity index (χ2v) is 6.62. The summed E-state index contributed by atoms with van der Waals surface area (Å²) < 4.78 is 0. The highest BCUT2D eigenvalue weighted by Gasteiger charge is 2.45. The number of piperazine rings is 1. The van der Waals surface area contributed by atoms with E-state index in [9.17, 15) is 9.59 Å². The first kappa shape index (κ1) is 21.8. The maximum absolute atomic E-state index is 12.2. The van der Waals surface area contributed by atoms with E-state index in [-0.39, 0.29) is 43.2 Å². The predicted octanol–water partition coefficient (Wildman–Crippen LogP) is 1.44. The molecule has 140 valence electrons. The number of benzene rings is 1. The SMILES string of the molecule is Cl.Cl.NC1(C(=O)NCC(=O)N2CCN(c3ccc(Cl)cc3)CC2)CC1. The van der Waals surface area contributed by atoms with Gasteiger partial charge in [-0.3, -0.25) is 9.59 Å². The molecule has 25 heavy (non-hydrogen) atoms. The summed E-state index contributed by atoms with van der Waals surface area (Å²) in [5, 5.41) is 3.36. The summed E-state index contributed by atoms with van der Waals surface area (Å²) in [6.45, 7) is 2.85. The molecule has 1 saturated heterocycles. The highest BCUT2D eigenvalue weighted by molar-refractivity contribution is 6.30. The molecular formula is C16H23Cl3N4O2. The van der Waals surface area contributed by atoms with E-state index in [2.05, 4.69) is 10.2 Å². The summed E-state index contributed by atoms with van der Waals surface area (Å²) in [5.74, 6) is -0.274. The molecule has 6 nitrogen and oxygen atoms in total. The van der Waals surface area contributed by atoms with Crippen molar-refractivity contribution < 1.29 is 9.59 Å². The lowest BCUT2D eigenvalue weighted by Gasteiger charge is -2.36. The van der Waals surface area contributed by atoms with Crippen molar-refractivity contribution in [2.45, 2.75) is 18.4 Å². The molecule has 2 fully saturated rings. The van der Waals surface area contributed by atoms with E-state index in [0.717, 1.165) is 18.8 Å². The lowest BCUT2D eigenvalue weighted by atomic mass is 10.2. The van der Waals surface area contributed by atoms with Crippen LogP contribution in [0.25, 0.3) is 0 Å². The van der Waals surface area contributed by atoms with Gasteiger partial charge in [-0.15, -0.1) is 24.8 Å². The summed E-state index contributed by atoms with van der Waals surface area (Å²) in [4.78, 5) is 27.9. The van der Waals surface area contributed by atoms with Crippen LogP contribution in [0.3, 0.4) is 0 Å². The zero-order valence-electron chi connectivity index (χ0n) is 13.7. The predicted molar refractivity (Wildman–Crippen MR) is 104 cm³/mol. The summed E-state index contributed by atoms with van der Waals surface area (Å²) in [5.41, 5.74) is 6.17. The van der Waals surface area contributed by atoms with Gasteiger partial charge in [-0.05, 0) is 37.1 Å². The van der Waals surface area contributed by atoms with Gasteiger partial charge in [0, 0.05) is 36.9 Å². The maximum atomic E-state index is 12.2. The van der Waals surface area contributed by atoms with Crippen molar-refractivity contribution in [1.29, 1.82) is 0 Å². The van der Waals surface area contributed by atoms with Gasteiger partial charge in [-0.1, -0.05) is 11.6 Å². The molecular weight excluding hydrogens is 387 g/mol. The first-order valence-electron chi connectivity index (χ1n) is 7.83. The maximum Gasteiger partial charge on any atom is 0.242 e. The summed E-state index contributed by atoms with van der Waals surface area (Å²) in [6, 6.07) is 7.70. The second-order valence-electron chi connectivity index (χ2n) is 6.18. The van der Waals surface area contributed by atoms with Crippen LogP contribution in [-0.4, -0.2) is 55.0 Å². The Bertz CT molecular complexity index is 600. The number of hydrogen-bond donors (Lipinski definition) is 2. The van der Waals surface area contributed by atoms with Gasteiger partial charge in [-0.2, -0.15) is 0 Å². The Balaban J connectivity index is 0.00000156. The van der Waals surface area contributed by atoms with Crippen molar-refractivity contribution in [2.75, 3.05) is 37.6 Å². The van der Waals surface area contributed by atoms with E-state index in [1.807, 2.05) is 24.3 Å². The van der Waals surface area contributed by atoms with Crippen LogP contribution < -0.4 is 16.0 Å². The van der Waals surface area contributed by atoms with Crippen molar-refractivity contribution in [3.05, 3.63) is 29.3 Å². The molecule has 0 radical (unpaired) electrons. The monoisotopic (exact) mass is 408 g/mol. The molecule has 1 aliphatic heterocycles. The van der Waals surface area contributed by atoms with Crippen LogP contribution in [0.15, 0.2) is 24.3 Å². The van der Waals surface area contributed by atoms with Crippen LogP contribution in [0.4, 0.5) is 5.69 Å². The summed E-state index contributed by atoms with van der Waals surface area (Å²) >= 11 is 5.90. The van der Waals surface area contributed by atoms with Gasteiger partial charge in [-0.25, -0.2) is 0 Å². The minimum Gasteiger partial charge on any atom is -0.368 e. The lowest BCUT2D eigenvalue weighted by Crippen LogP contribution is -2.52. The largest absolute Gasteiger partial charge is 0.368 e. The Kier molecular flexibility index (Phi) is 7.81. The summed E-state index contributed by atoms with van der Waals surface area (Å²) in [6.07, 6.45) is 1.40. The Morgan fingerprint density at radius 3 is 2.16 bits per heavy atom. The van der Waals surface area contributed by atoms with Crippen LogP contribution in [0.5, 0.6) is 0 Å². The molecule has 0 unspecified atom stereocenters. The van der Waals surface area contributed by atoms with Crippen LogP contribution in [0.2, 0.25) is 5.02 Å². The number of rotatable bonds is 4. The van der Waals surface area contributed by atoms with Crippen molar-refractivity contribution in [1.82, 2.24) is 10.2 Å². The zero-order valence-corrected chi connectivity index (χ0v) is 16.1. The minimum absolute atomic E-state index is 0. The van der Waals surface area contributed by atoms with E-state index in [4.69, 9.17) is 17.3 Å². The molecule has 0 spiro atoms. The highest BCUT2D eigenvalue weighted by Crippen LogP contribution is 2.31. The molecule has 2 aliphatic rings. The fourth-order valence-electron chi connectivity index (χ4n) is 2.67. The van der Waals surface area contributed by atoms with Crippen molar-refractivity contribution in [3.63, 3.8) is 0 Å². The molecule has 0 atom stereocenters. The van der Waals surface area contributed by atoms with Crippen LogP contribution in [0.1, 0.15) is 12.8 Å². The number of nitrogens with zero attached hydrogens (tertiary/aromatic N) is 2. The second kappa shape index (κ2) is 8.94. The van der Waals surface area contributed by atoms with Crippen LogP contribution >= 0.6 is 36.4 Å². The van der Waals surface area contributed by atoms with Gasteiger partial charge in [0.15, 0.2) is 0 Å². The Hall–Kier alpha value is -1.21. The van der Waals surface area contributed by atoms with E-state index >= 15 is 0 Å². The number of amides is 2. The standard InChI is InChI=1S/C16H21ClN4O2.2ClH/c17-12-1-3-13(4-2-12)20-7-9-21(10-8-20)14(22)11-19-15(23)16(18)5-6-16;;/h1-4H,5-11,18H2,(H,19,23);2*1H. The fraction of sp³-hybridized carbons (Fsp3) is 0.500. The van der Waals surface area contributed by atoms with Crippen molar-refractivity contribution >= 4 is 53.9 Å². The molecule has 1 aliphatic carbocycles. The van der Waals surface area contributed by atoms with E-state index in [1.165, 1.54) is 0 Å². The molecule has 0 aromatic heterocycles. The number of carbonyl (C=O) groups is 2. The number of anilines is 1. The highest BCUT2D eigenvalue weighted by atomic mass is 35.5. The van der Waals surface area contributed by atoms with Crippen molar-refractivity contribution in [2.24, 2.45) is 5.73 Å². The van der Waals surface area contributed by atoms with Gasteiger partial charge in [0.25, 0.3) is 0 Å². The van der Waals surface area contributed by atoms with E-state index in [1.54, 1.807) is 4.90 Å². The summed E-state index contributed by atoms with van der Waals surface area (Å²) in [7, 11) is 0. The number of carbonyl (C=O) groups excluding carboxylic acids is 2. The first-order valence-corrected chi connectivity index (χ1v) is 8.21. The molecule has 0 bridgehead atoms. The van der Waals surface area contributed by atoms with Crippen LogP contribution in [0, 0.1) is 0 Å². The van der Waals surface area contributed by atoms with Gasteiger partial charge < -0.3 is 20.9 Å². The molecule has 2 amide bonds. The van der Waals surface area contributed by atoms with E-state index < -0.39 is 5.54 Å². The van der Waals surface area contributed by atoms with Crippen LogP contribution in [-0.2, 0) is 9.59 Å². The molecule has 1 aromatic carbocycles. The average molecular weight is 410 g/mol. The third-order valence-electron chi connectivity index (χ3n) is 4.47. The topological polar surface area (TPSA) is 78.7 Å². The lowest BCUT2D eigenvalue weighted by molar-refractivity contribution is -0.133. The molecule has 9 heteroatoms. The molecule has 3 rings (SSSR count). The van der Waals surface area contributed by atoms with Gasteiger partial charge >= 0.3 is 0 Å². The van der Waals surface area contributed by atoms with E-state index in [0.29, 0.717) is 31.0 Å². The number of nitrogens with two attached hydrogens (primary N) is 1. The number of nitrogens with one attached hydrogen (secondary N) is 1. The minimum atomic E-state index is -0.729. The molecule has 3 N–H and O–H groups in total. The molecule has 1 saturated carbocycles. The Morgan fingerprint density at radius 1 is 1.08 bits per heavy atom. The normalized spacial score (nSPS) is 17.8. The molecule has 1 heterocycles. The average Bonchev–Trinajstić information content (AvgIpc) is 3.32. The Labute approximate surface area is 164 Å². The molecule has 1 aromatic rings. The third-order valence-corrected chi connectivity index (χ3v) is 4.72. The van der Waals surface area contributed by atoms with Gasteiger partial charge in [0.2, 0.25) is 11.8 Å². The quantitative estimate of drug-likeness (QED) is 0.789. The third kappa shape index (κ3) is 5.38. The van der Waals surface area contributed by atoms with Crippen molar-refractivity contribution in [3.8, 4) is 0 Å². The van der Waals surface area contributed by atoms with Gasteiger partial charge in [0.1, 0.15) is 0 Å². The Morgan fingerprint density at radius 2 is 1.64 bits per heavy atom. The fourth-order valence-corrected chi connectivity index (χ4v) is 2.80. The smallest absolute Gasteiger partial charge is 0.242 e. The number of hydrogen-bond acceptors (Lipinski definition) is 4. The number of halogens is 3. The zero-order chi connectivity index (χ0) is 16.4. The first-order chi connectivity index (χ1) is 11.0.